The number of rotatable bonds is 3. The summed E-state index contributed by atoms with van der Waals surface area (Å²) >= 11 is 3.56. The van der Waals surface area contributed by atoms with Gasteiger partial charge in [0.2, 0.25) is 0 Å². The minimum Gasteiger partial charge on any atom is -0.397 e. The third kappa shape index (κ3) is 4.16. The highest BCUT2D eigenvalue weighted by Gasteiger charge is 2.26. The zero-order valence-corrected chi connectivity index (χ0v) is 13.8. The molecule has 1 heterocycles. The molecule has 0 radical (unpaired) electrons. The molecule has 0 aliphatic rings. The Hall–Kier alpha value is -0.770. The fraction of sp³-hybridized carbons (Fsp3) is 0.643. The van der Waals surface area contributed by atoms with E-state index < -0.39 is 0 Å². The highest BCUT2D eigenvalue weighted by atomic mass is 79.9. The fourth-order valence-corrected chi connectivity index (χ4v) is 2.80. The minimum atomic E-state index is -0.0175. The molecule has 1 aromatic heterocycles. The number of nitrogens with zero attached hydrogens (tertiary/aromatic N) is 1. The first-order chi connectivity index (χ1) is 8.02. The number of hydrogen-bond donors (Lipinski definition) is 2. The van der Waals surface area contributed by atoms with Crippen molar-refractivity contribution in [1.29, 1.82) is 0 Å². The maximum absolute atomic E-state index is 5.83. The molecule has 0 unspecified atom stereocenters. The number of aromatic nitrogens is 1. The summed E-state index contributed by atoms with van der Waals surface area (Å²) in [6.07, 6.45) is 2.76. The molecule has 0 aliphatic heterocycles. The Kier molecular flexibility index (Phi) is 4.31. The zero-order valence-electron chi connectivity index (χ0n) is 12.2. The second-order valence-corrected chi connectivity index (χ2v) is 7.54. The highest BCUT2D eigenvalue weighted by molar-refractivity contribution is 9.10. The van der Waals surface area contributed by atoms with E-state index >= 15 is 0 Å². The summed E-state index contributed by atoms with van der Waals surface area (Å²) in [6, 6.07) is 0. The summed E-state index contributed by atoms with van der Waals surface area (Å²) in [5, 5.41) is 3.50. The van der Waals surface area contributed by atoms with Gasteiger partial charge in [-0.05, 0) is 54.1 Å². The van der Waals surface area contributed by atoms with E-state index in [9.17, 15) is 0 Å². The van der Waals surface area contributed by atoms with Gasteiger partial charge in [-0.25, -0.2) is 4.98 Å². The van der Waals surface area contributed by atoms with Crippen molar-refractivity contribution in [1.82, 2.24) is 4.98 Å². The first-order valence-electron chi connectivity index (χ1n) is 6.21. The van der Waals surface area contributed by atoms with Crippen LogP contribution in [0.5, 0.6) is 0 Å². The van der Waals surface area contributed by atoms with E-state index in [4.69, 9.17) is 5.73 Å². The van der Waals surface area contributed by atoms with Crippen molar-refractivity contribution in [2.75, 3.05) is 11.1 Å². The summed E-state index contributed by atoms with van der Waals surface area (Å²) < 4.78 is 0.949. The van der Waals surface area contributed by atoms with Crippen LogP contribution in [-0.2, 0) is 0 Å². The monoisotopic (exact) mass is 313 g/mol. The molecule has 0 amide bonds. The van der Waals surface area contributed by atoms with Gasteiger partial charge in [0.1, 0.15) is 5.82 Å². The normalized spacial score (nSPS) is 12.6. The van der Waals surface area contributed by atoms with E-state index in [2.05, 4.69) is 60.8 Å². The zero-order chi connectivity index (χ0) is 14.1. The van der Waals surface area contributed by atoms with Crippen LogP contribution >= 0.6 is 15.9 Å². The lowest BCUT2D eigenvalue weighted by molar-refractivity contribution is 0.302. The summed E-state index contributed by atoms with van der Waals surface area (Å²) in [4.78, 5) is 4.37. The Labute approximate surface area is 119 Å². The molecule has 0 saturated heterocycles. The molecule has 0 aliphatic carbocycles. The molecular weight excluding hydrogens is 290 g/mol. The van der Waals surface area contributed by atoms with Gasteiger partial charge in [0, 0.05) is 5.54 Å². The number of halogens is 1. The molecule has 102 valence electrons. The van der Waals surface area contributed by atoms with E-state index in [-0.39, 0.29) is 11.0 Å². The molecule has 1 aromatic rings. The van der Waals surface area contributed by atoms with Crippen molar-refractivity contribution in [3.8, 4) is 0 Å². The average molecular weight is 314 g/mol. The molecule has 3 N–H and O–H groups in total. The number of pyridine rings is 1. The number of nitrogens with two attached hydrogens (primary N) is 1. The maximum atomic E-state index is 5.83. The summed E-state index contributed by atoms with van der Waals surface area (Å²) in [5.74, 6) is 0.857. The van der Waals surface area contributed by atoms with Gasteiger partial charge >= 0.3 is 0 Å². The van der Waals surface area contributed by atoms with Crippen LogP contribution in [0.15, 0.2) is 10.7 Å². The van der Waals surface area contributed by atoms with Gasteiger partial charge in [0.25, 0.3) is 0 Å². The van der Waals surface area contributed by atoms with Crippen LogP contribution < -0.4 is 11.1 Å². The number of hydrogen-bond acceptors (Lipinski definition) is 3. The van der Waals surface area contributed by atoms with E-state index in [1.165, 1.54) is 0 Å². The molecule has 4 heteroatoms. The van der Waals surface area contributed by atoms with Crippen LogP contribution in [0.2, 0.25) is 0 Å². The van der Waals surface area contributed by atoms with Crippen molar-refractivity contribution < 1.29 is 0 Å². The van der Waals surface area contributed by atoms with E-state index in [1.54, 1.807) is 6.20 Å². The van der Waals surface area contributed by atoms with Crippen LogP contribution in [-0.4, -0.2) is 10.5 Å². The second kappa shape index (κ2) is 5.08. The van der Waals surface area contributed by atoms with Gasteiger partial charge in [-0.2, -0.15) is 0 Å². The number of anilines is 2. The standard InChI is InChI=1S/C14H24BrN3/c1-9-10(16)7-17-12(11(9)15)18-14(5,6)8-13(2,3)4/h7H,8,16H2,1-6H3,(H,17,18). The van der Waals surface area contributed by atoms with Crippen molar-refractivity contribution in [2.24, 2.45) is 5.41 Å². The SMILES string of the molecule is Cc1c(N)cnc(NC(C)(C)CC(C)(C)C)c1Br. The molecule has 1 rings (SSSR count). The minimum absolute atomic E-state index is 0.0175. The Morgan fingerprint density at radius 1 is 1.28 bits per heavy atom. The highest BCUT2D eigenvalue weighted by Crippen LogP contribution is 2.33. The first kappa shape index (κ1) is 15.3. The van der Waals surface area contributed by atoms with Gasteiger partial charge in [-0.15, -0.1) is 0 Å². The molecular formula is C14H24BrN3. The summed E-state index contributed by atoms with van der Waals surface area (Å²) in [6.45, 7) is 13.1. The van der Waals surface area contributed by atoms with Gasteiger partial charge < -0.3 is 11.1 Å². The summed E-state index contributed by atoms with van der Waals surface area (Å²) in [7, 11) is 0. The lowest BCUT2D eigenvalue weighted by Crippen LogP contribution is -2.36. The molecule has 0 saturated carbocycles. The van der Waals surface area contributed by atoms with Gasteiger partial charge in [-0.3, -0.25) is 0 Å². The van der Waals surface area contributed by atoms with Crippen molar-refractivity contribution in [2.45, 2.75) is 53.5 Å². The van der Waals surface area contributed by atoms with Crippen molar-refractivity contribution >= 4 is 27.4 Å². The maximum Gasteiger partial charge on any atom is 0.141 e. The largest absolute Gasteiger partial charge is 0.397 e. The van der Waals surface area contributed by atoms with Crippen LogP contribution in [0, 0.1) is 12.3 Å². The predicted octanol–water partition coefficient (Wildman–Crippen LogP) is 4.36. The molecule has 0 atom stereocenters. The average Bonchev–Trinajstić information content (AvgIpc) is 2.15. The van der Waals surface area contributed by atoms with Crippen molar-refractivity contribution in [3.05, 3.63) is 16.2 Å². The van der Waals surface area contributed by atoms with Crippen LogP contribution in [0.1, 0.15) is 46.6 Å². The molecule has 0 bridgehead atoms. The Bertz CT molecular complexity index is 433. The fourth-order valence-electron chi connectivity index (χ4n) is 2.37. The van der Waals surface area contributed by atoms with Crippen LogP contribution in [0.25, 0.3) is 0 Å². The summed E-state index contributed by atoms with van der Waals surface area (Å²) in [5.41, 5.74) is 7.82. The van der Waals surface area contributed by atoms with Gasteiger partial charge in [0.05, 0.1) is 16.4 Å². The lowest BCUT2D eigenvalue weighted by Gasteiger charge is -2.34. The predicted molar refractivity (Wildman–Crippen MR) is 82.9 cm³/mol. The molecule has 0 fully saturated rings. The third-order valence-corrected chi connectivity index (χ3v) is 3.70. The topological polar surface area (TPSA) is 50.9 Å². The molecule has 0 spiro atoms. The number of nitrogen functional groups attached to an aromatic ring is 1. The Morgan fingerprint density at radius 2 is 1.83 bits per heavy atom. The van der Waals surface area contributed by atoms with Gasteiger partial charge in [0.15, 0.2) is 0 Å². The molecule has 0 aromatic carbocycles. The van der Waals surface area contributed by atoms with Crippen LogP contribution in [0.4, 0.5) is 11.5 Å². The Morgan fingerprint density at radius 3 is 2.33 bits per heavy atom. The lowest BCUT2D eigenvalue weighted by atomic mass is 9.82. The molecule has 18 heavy (non-hydrogen) atoms. The van der Waals surface area contributed by atoms with E-state index in [0.717, 1.165) is 22.3 Å². The van der Waals surface area contributed by atoms with E-state index in [0.29, 0.717) is 5.69 Å². The second-order valence-electron chi connectivity index (χ2n) is 6.75. The van der Waals surface area contributed by atoms with E-state index in [1.807, 2.05) is 6.92 Å². The Balaban J connectivity index is 2.94. The number of nitrogens with one attached hydrogen (secondary N) is 1. The first-order valence-corrected chi connectivity index (χ1v) is 7.00. The van der Waals surface area contributed by atoms with Crippen molar-refractivity contribution in [3.63, 3.8) is 0 Å². The van der Waals surface area contributed by atoms with Gasteiger partial charge in [-0.1, -0.05) is 20.8 Å². The third-order valence-electron chi connectivity index (χ3n) is 2.73. The quantitative estimate of drug-likeness (QED) is 0.871. The smallest absolute Gasteiger partial charge is 0.141 e. The molecule has 3 nitrogen and oxygen atoms in total. The van der Waals surface area contributed by atoms with Crippen LogP contribution in [0.3, 0.4) is 0 Å².